The van der Waals surface area contributed by atoms with E-state index < -0.39 is 21.8 Å². The van der Waals surface area contributed by atoms with Gasteiger partial charge in [0.05, 0.1) is 10.2 Å². The molecular formula is C17H18BrFN8O5S. The van der Waals surface area contributed by atoms with E-state index in [1.165, 1.54) is 18.2 Å². The first kappa shape index (κ1) is 22.1. The Morgan fingerprint density at radius 1 is 1.18 bits per heavy atom. The largest absolute Gasteiger partial charge is 0.446 e. The highest BCUT2D eigenvalue weighted by Gasteiger charge is 2.42. The number of nitrogens with zero attached hydrogens (tertiary/aromatic N) is 5. The van der Waals surface area contributed by atoms with Crippen molar-refractivity contribution in [2.24, 2.45) is 17.0 Å². The monoisotopic (exact) mass is 544 g/mol. The van der Waals surface area contributed by atoms with E-state index >= 15 is 0 Å². The molecule has 2 unspecified atom stereocenters. The molecule has 2 aromatic heterocycles. The van der Waals surface area contributed by atoms with Gasteiger partial charge in [0.25, 0.3) is 10.2 Å². The maximum Gasteiger partial charge on any atom is 0.446 e. The van der Waals surface area contributed by atoms with E-state index in [1.54, 1.807) is 5.01 Å². The topological polar surface area (TPSA) is 174 Å². The van der Waals surface area contributed by atoms with E-state index in [-0.39, 0.29) is 39.7 Å². The van der Waals surface area contributed by atoms with Crippen LogP contribution in [0.3, 0.4) is 0 Å². The van der Waals surface area contributed by atoms with E-state index in [0.717, 1.165) is 17.4 Å². The molecular weight excluding hydrogens is 527 g/mol. The molecule has 3 heterocycles. The van der Waals surface area contributed by atoms with Crippen LogP contribution in [0.25, 0.3) is 17.2 Å². The van der Waals surface area contributed by atoms with Gasteiger partial charge in [-0.15, -0.1) is 4.83 Å². The summed E-state index contributed by atoms with van der Waals surface area (Å²) in [5.74, 6) is -0.411. The lowest BCUT2D eigenvalue weighted by Gasteiger charge is -2.19. The second kappa shape index (κ2) is 8.28. The van der Waals surface area contributed by atoms with Crippen molar-refractivity contribution in [3.63, 3.8) is 0 Å². The first-order valence-corrected chi connectivity index (χ1v) is 12.2. The third-order valence-electron chi connectivity index (χ3n) is 5.81. The van der Waals surface area contributed by atoms with Crippen LogP contribution in [0.1, 0.15) is 12.8 Å². The number of nitrogens with one attached hydrogen (secondary N) is 2. The van der Waals surface area contributed by atoms with Crippen molar-refractivity contribution in [1.29, 1.82) is 0 Å². The molecule has 2 aliphatic rings. The fourth-order valence-corrected chi connectivity index (χ4v) is 5.42. The third kappa shape index (κ3) is 4.43. The molecule has 1 saturated carbocycles. The first-order valence-electron chi connectivity index (χ1n) is 9.86. The van der Waals surface area contributed by atoms with Crippen LogP contribution in [0.4, 0.5) is 10.2 Å². The van der Waals surface area contributed by atoms with Crippen molar-refractivity contribution in [3.8, 4) is 17.2 Å². The molecule has 176 valence electrons. The molecule has 2 atom stereocenters. The minimum Gasteiger partial charge on any atom is -0.362 e. The lowest BCUT2D eigenvalue weighted by atomic mass is 10.0. The maximum absolute atomic E-state index is 13.6. The van der Waals surface area contributed by atoms with Gasteiger partial charge in [0.1, 0.15) is 5.82 Å². The molecule has 16 heteroatoms. The summed E-state index contributed by atoms with van der Waals surface area (Å²) >= 11 is 3.10. The van der Waals surface area contributed by atoms with Gasteiger partial charge in [-0.25, -0.2) is 28.5 Å². The number of benzene rings is 1. The lowest BCUT2D eigenvalue weighted by Crippen LogP contribution is -2.44. The Hall–Kier alpha value is -2.66. The number of hydrazine groups is 1. The zero-order chi connectivity index (χ0) is 23.3. The Labute approximate surface area is 194 Å². The van der Waals surface area contributed by atoms with Gasteiger partial charge >= 0.3 is 5.76 Å². The summed E-state index contributed by atoms with van der Waals surface area (Å²) in [5, 5.41) is 21.5. The zero-order valence-electron chi connectivity index (χ0n) is 16.8. The van der Waals surface area contributed by atoms with Crippen LogP contribution in [0.2, 0.25) is 0 Å². The molecule has 1 saturated heterocycles. The Morgan fingerprint density at radius 2 is 1.91 bits per heavy atom. The molecule has 1 aliphatic carbocycles. The molecule has 4 N–H and O–H groups in total. The molecule has 33 heavy (non-hydrogen) atoms. The van der Waals surface area contributed by atoms with Gasteiger partial charge in [0.2, 0.25) is 11.6 Å². The summed E-state index contributed by atoms with van der Waals surface area (Å²) in [6, 6.07) is 4.04. The predicted molar refractivity (Wildman–Crippen MR) is 114 cm³/mol. The quantitative estimate of drug-likeness (QED) is 0.398. The van der Waals surface area contributed by atoms with Gasteiger partial charge < -0.3 is 5.32 Å². The standard InChI is InChI=1S/C17H18BrFN8O5S/c18-12-5-11(1-2-13(12)19)27-16(24-31-17(27)28)14-15(23-32-22-14)21-10-3-8-6-26(7-9(8)4-10)25-33(20,29)30/h1-2,5,8-10,25H,3-4,6-7H2,(H,21,23)(H2,20,29,30). The average Bonchev–Trinajstić information content (AvgIpc) is 3.47. The van der Waals surface area contributed by atoms with Crippen molar-refractivity contribution in [3.05, 3.63) is 39.0 Å². The molecule has 0 bridgehead atoms. The van der Waals surface area contributed by atoms with E-state index in [1.807, 2.05) is 0 Å². The summed E-state index contributed by atoms with van der Waals surface area (Å²) in [7, 11) is -3.80. The predicted octanol–water partition coefficient (Wildman–Crippen LogP) is 0.608. The summed E-state index contributed by atoms with van der Waals surface area (Å²) in [5.41, 5.74) is 0.479. The summed E-state index contributed by atoms with van der Waals surface area (Å²) in [6.07, 6.45) is 1.52. The molecule has 1 aromatic carbocycles. The van der Waals surface area contributed by atoms with Crippen molar-refractivity contribution >= 4 is 32.0 Å². The van der Waals surface area contributed by atoms with Gasteiger partial charge in [0, 0.05) is 19.1 Å². The number of halogens is 2. The van der Waals surface area contributed by atoms with Gasteiger partial charge in [0.15, 0.2) is 5.69 Å². The minimum atomic E-state index is -3.80. The highest BCUT2D eigenvalue weighted by atomic mass is 79.9. The molecule has 0 radical (unpaired) electrons. The van der Waals surface area contributed by atoms with Crippen molar-refractivity contribution in [1.82, 2.24) is 29.9 Å². The van der Waals surface area contributed by atoms with E-state index in [9.17, 15) is 17.6 Å². The highest BCUT2D eigenvalue weighted by molar-refractivity contribution is 9.10. The maximum atomic E-state index is 13.6. The molecule has 0 spiro atoms. The van der Waals surface area contributed by atoms with E-state index in [0.29, 0.717) is 18.8 Å². The van der Waals surface area contributed by atoms with Crippen LogP contribution >= 0.6 is 15.9 Å². The van der Waals surface area contributed by atoms with Crippen LogP contribution in [0, 0.1) is 17.7 Å². The molecule has 13 nitrogen and oxygen atoms in total. The van der Waals surface area contributed by atoms with Gasteiger partial charge in [-0.1, -0.05) is 5.16 Å². The minimum absolute atomic E-state index is 0.0225. The summed E-state index contributed by atoms with van der Waals surface area (Å²) < 4.78 is 47.2. The number of aromatic nitrogens is 4. The van der Waals surface area contributed by atoms with Crippen LogP contribution in [0.15, 0.2) is 36.6 Å². The highest BCUT2D eigenvalue weighted by Crippen LogP contribution is 2.39. The van der Waals surface area contributed by atoms with Crippen molar-refractivity contribution in [2.45, 2.75) is 18.9 Å². The van der Waals surface area contributed by atoms with E-state index in [4.69, 9.17) is 14.3 Å². The molecule has 0 amide bonds. The Kier molecular flexibility index (Phi) is 5.56. The molecule has 1 aliphatic heterocycles. The summed E-state index contributed by atoms with van der Waals surface area (Å²) in [6.45, 7) is 1.09. The average molecular weight is 545 g/mol. The number of nitrogens with two attached hydrogens (primary N) is 1. The number of rotatable bonds is 6. The fraction of sp³-hybridized carbons (Fsp3) is 0.412. The number of anilines is 1. The first-order chi connectivity index (χ1) is 15.7. The zero-order valence-corrected chi connectivity index (χ0v) is 19.2. The van der Waals surface area contributed by atoms with Crippen LogP contribution in [-0.4, -0.2) is 52.6 Å². The SMILES string of the molecule is NS(=O)(=O)NN1CC2CC(Nc3nonc3-c3noc(=O)n3-c3ccc(F)c(Br)c3)CC2C1. The van der Waals surface area contributed by atoms with Crippen LogP contribution in [0.5, 0.6) is 0 Å². The Balaban J connectivity index is 1.34. The van der Waals surface area contributed by atoms with Crippen LogP contribution < -0.4 is 21.0 Å². The number of hydrogen-bond acceptors (Lipinski definition) is 10. The fourth-order valence-electron chi connectivity index (χ4n) is 4.55. The number of fused-ring (bicyclic) bond motifs is 1. The molecule has 2 fully saturated rings. The van der Waals surface area contributed by atoms with Gasteiger partial charge in [-0.3, -0.25) is 4.52 Å². The third-order valence-corrected chi connectivity index (χ3v) is 6.93. The number of hydrogen-bond donors (Lipinski definition) is 3. The van der Waals surface area contributed by atoms with Crippen LogP contribution in [-0.2, 0) is 10.2 Å². The Morgan fingerprint density at radius 3 is 2.58 bits per heavy atom. The second-order valence-corrected chi connectivity index (χ2v) is 10.2. The molecule has 3 aromatic rings. The van der Waals surface area contributed by atoms with Gasteiger partial charge in [-0.2, -0.15) is 8.42 Å². The van der Waals surface area contributed by atoms with E-state index in [2.05, 4.69) is 41.5 Å². The molecule has 5 rings (SSSR count). The lowest BCUT2D eigenvalue weighted by molar-refractivity contribution is 0.274. The van der Waals surface area contributed by atoms with Crippen molar-refractivity contribution < 1.29 is 22.0 Å². The second-order valence-electron chi connectivity index (χ2n) is 8.04. The Bertz CT molecular complexity index is 1340. The normalized spacial score (nSPS) is 23.2. The summed E-state index contributed by atoms with van der Waals surface area (Å²) in [4.78, 5) is 14.6. The van der Waals surface area contributed by atoms with Gasteiger partial charge in [-0.05, 0) is 69.1 Å². The smallest absolute Gasteiger partial charge is 0.362 e. The van der Waals surface area contributed by atoms with Crippen molar-refractivity contribution in [2.75, 3.05) is 18.4 Å².